The quantitative estimate of drug-likeness (QED) is 0.616. The fourth-order valence-corrected chi connectivity index (χ4v) is 4.84. The predicted molar refractivity (Wildman–Crippen MR) is 64.0 cm³/mol. The molecule has 0 saturated carbocycles. The summed E-state index contributed by atoms with van der Waals surface area (Å²) in [6, 6.07) is 0. The second kappa shape index (κ2) is 6.60. The summed E-state index contributed by atoms with van der Waals surface area (Å²) in [5.41, 5.74) is 0. The molecule has 0 N–H and O–H groups in total. The third-order valence-electron chi connectivity index (χ3n) is 2.76. The van der Waals surface area contributed by atoms with Crippen molar-refractivity contribution < 1.29 is 4.57 Å². The average Bonchev–Trinajstić information content (AvgIpc) is 2.21. The summed E-state index contributed by atoms with van der Waals surface area (Å²) in [5.74, 6) is 0. The monoisotopic (exact) mass is 220 g/mol. The molecule has 0 aliphatic rings. The zero-order chi connectivity index (χ0) is 11.2. The fourth-order valence-electron chi connectivity index (χ4n) is 1.91. The minimum Gasteiger partial charge on any atom is -0.289 e. The maximum absolute atomic E-state index is 12.8. The lowest BCUT2D eigenvalue weighted by atomic mass is 10.7. The maximum atomic E-state index is 12.8. The Morgan fingerprint density at radius 2 is 1.07 bits per heavy atom. The molecule has 0 rings (SSSR count). The molecule has 0 heterocycles. The van der Waals surface area contributed by atoms with Gasteiger partial charge in [-0.25, -0.2) is 9.34 Å². The highest BCUT2D eigenvalue weighted by molar-refractivity contribution is 7.59. The Bertz CT molecular complexity index is 173. The van der Waals surface area contributed by atoms with E-state index in [1.165, 1.54) is 0 Å². The molecule has 0 aromatic rings. The smallest absolute Gasteiger partial charge is 0.216 e. The van der Waals surface area contributed by atoms with Gasteiger partial charge in [0.25, 0.3) is 0 Å². The van der Waals surface area contributed by atoms with Crippen molar-refractivity contribution in [1.29, 1.82) is 0 Å². The first kappa shape index (κ1) is 14.2. The first-order valence-electron chi connectivity index (χ1n) is 5.70. The van der Waals surface area contributed by atoms with Gasteiger partial charge in [0, 0.05) is 32.3 Å². The molecule has 4 heteroatoms. The van der Waals surface area contributed by atoms with Crippen LogP contribution in [-0.2, 0) is 4.57 Å². The molecule has 14 heavy (non-hydrogen) atoms. The van der Waals surface area contributed by atoms with Gasteiger partial charge in [0.1, 0.15) is 0 Å². The van der Waals surface area contributed by atoms with Crippen LogP contribution >= 0.6 is 7.44 Å². The van der Waals surface area contributed by atoms with Crippen molar-refractivity contribution in [3.63, 3.8) is 0 Å². The van der Waals surface area contributed by atoms with E-state index in [4.69, 9.17) is 0 Å². The van der Waals surface area contributed by atoms with Crippen LogP contribution in [-0.4, -0.2) is 41.7 Å². The van der Waals surface area contributed by atoms with Gasteiger partial charge >= 0.3 is 0 Å². The standard InChI is InChI=1S/C10H25N2OP/c1-6-11(7-2)14(13,10-5)12(8-3)9-4/h6-10H2,1-5H3. The lowest BCUT2D eigenvalue weighted by molar-refractivity contribution is 0.360. The number of nitrogens with zero attached hydrogens (tertiary/aromatic N) is 2. The summed E-state index contributed by atoms with van der Waals surface area (Å²) in [5, 5.41) is 0. The lowest BCUT2D eigenvalue weighted by Crippen LogP contribution is -2.32. The van der Waals surface area contributed by atoms with E-state index < -0.39 is 7.44 Å². The van der Waals surface area contributed by atoms with Crippen molar-refractivity contribution in [3.05, 3.63) is 0 Å². The predicted octanol–water partition coefficient (Wildman–Crippen LogP) is 2.88. The van der Waals surface area contributed by atoms with Crippen LogP contribution in [0.5, 0.6) is 0 Å². The van der Waals surface area contributed by atoms with Crippen molar-refractivity contribution in [1.82, 2.24) is 9.34 Å². The van der Waals surface area contributed by atoms with E-state index in [-0.39, 0.29) is 0 Å². The largest absolute Gasteiger partial charge is 0.289 e. The van der Waals surface area contributed by atoms with Crippen LogP contribution in [0.2, 0.25) is 0 Å². The van der Waals surface area contributed by atoms with Crippen LogP contribution in [0.15, 0.2) is 0 Å². The highest BCUT2D eigenvalue weighted by atomic mass is 31.2. The SMILES string of the molecule is CCN(CC)P(=O)(CC)N(CC)CC. The second-order valence-electron chi connectivity index (χ2n) is 3.26. The van der Waals surface area contributed by atoms with Gasteiger partial charge in [-0.15, -0.1) is 0 Å². The minimum atomic E-state index is -2.25. The van der Waals surface area contributed by atoms with E-state index in [1.807, 2.05) is 6.92 Å². The van der Waals surface area contributed by atoms with Gasteiger partial charge in [0.15, 0.2) is 0 Å². The molecule has 0 aromatic carbocycles. The van der Waals surface area contributed by atoms with Crippen molar-refractivity contribution in [2.24, 2.45) is 0 Å². The van der Waals surface area contributed by atoms with E-state index >= 15 is 0 Å². The number of hydrogen-bond donors (Lipinski definition) is 0. The fraction of sp³-hybridized carbons (Fsp3) is 1.00. The Kier molecular flexibility index (Phi) is 6.67. The molecule has 86 valence electrons. The highest BCUT2D eigenvalue weighted by Crippen LogP contribution is 2.52. The molecule has 3 nitrogen and oxygen atoms in total. The van der Waals surface area contributed by atoms with Crippen molar-refractivity contribution >= 4 is 7.44 Å². The van der Waals surface area contributed by atoms with Gasteiger partial charge in [0.05, 0.1) is 0 Å². The molecule has 0 bridgehead atoms. The number of hydrogen-bond acceptors (Lipinski definition) is 1. The van der Waals surface area contributed by atoms with Crippen LogP contribution in [0, 0.1) is 0 Å². The van der Waals surface area contributed by atoms with Gasteiger partial charge in [-0.2, -0.15) is 0 Å². The van der Waals surface area contributed by atoms with Crippen LogP contribution < -0.4 is 0 Å². The average molecular weight is 220 g/mol. The summed E-state index contributed by atoms with van der Waals surface area (Å²) in [6.45, 7) is 13.8. The molecule has 0 amide bonds. The molecule has 0 fully saturated rings. The summed E-state index contributed by atoms with van der Waals surface area (Å²) < 4.78 is 17.0. The third-order valence-corrected chi connectivity index (χ3v) is 6.48. The molecule has 0 spiro atoms. The molecule has 0 saturated heterocycles. The van der Waals surface area contributed by atoms with E-state index in [9.17, 15) is 4.57 Å². The lowest BCUT2D eigenvalue weighted by Gasteiger charge is -2.37. The van der Waals surface area contributed by atoms with E-state index in [0.717, 1.165) is 32.3 Å². The molecule has 0 atom stereocenters. The summed E-state index contributed by atoms with van der Waals surface area (Å²) in [6.07, 6.45) is 0.746. The minimum absolute atomic E-state index is 0.746. The normalized spacial score (nSPS) is 12.8. The molecular formula is C10H25N2OP. The highest BCUT2D eigenvalue weighted by Gasteiger charge is 2.31. The summed E-state index contributed by atoms with van der Waals surface area (Å²) in [4.78, 5) is 0. The Morgan fingerprint density at radius 3 is 1.21 bits per heavy atom. The summed E-state index contributed by atoms with van der Waals surface area (Å²) in [7, 11) is -2.25. The topological polar surface area (TPSA) is 23.6 Å². The second-order valence-corrected chi connectivity index (χ2v) is 6.35. The number of rotatable bonds is 7. The third kappa shape index (κ3) is 2.82. The Balaban J connectivity index is 4.83. The van der Waals surface area contributed by atoms with E-state index in [0.29, 0.717) is 0 Å². The van der Waals surface area contributed by atoms with Gasteiger partial charge in [0.2, 0.25) is 7.44 Å². The van der Waals surface area contributed by atoms with Gasteiger partial charge in [-0.05, 0) is 0 Å². The molecule has 0 aliphatic carbocycles. The van der Waals surface area contributed by atoms with Gasteiger partial charge in [-0.3, -0.25) is 4.57 Å². The van der Waals surface area contributed by atoms with Crippen LogP contribution in [0.4, 0.5) is 0 Å². The Morgan fingerprint density at radius 1 is 0.786 bits per heavy atom. The maximum Gasteiger partial charge on any atom is 0.216 e. The van der Waals surface area contributed by atoms with E-state index in [2.05, 4.69) is 37.0 Å². The van der Waals surface area contributed by atoms with Crippen LogP contribution in [0.3, 0.4) is 0 Å². The molecule has 0 aliphatic heterocycles. The zero-order valence-electron chi connectivity index (χ0n) is 10.3. The molecule has 0 radical (unpaired) electrons. The van der Waals surface area contributed by atoms with Crippen molar-refractivity contribution in [3.8, 4) is 0 Å². The molecule has 0 unspecified atom stereocenters. The van der Waals surface area contributed by atoms with Gasteiger partial charge < -0.3 is 0 Å². The first-order chi connectivity index (χ1) is 6.60. The molecular weight excluding hydrogens is 195 g/mol. The van der Waals surface area contributed by atoms with Crippen molar-refractivity contribution in [2.75, 3.05) is 32.3 Å². The van der Waals surface area contributed by atoms with Gasteiger partial charge in [-0.1, -0.05) is 34.6 Å². The van der Waals surface area contributed by atoms with Crippen LogP contribution in [0.1, 0.15) is 34.6 Å². The van der Waals surface area contributed by atoms with Crippen LogP contribution in [0.25, 0.3) is 0 Å². The zero-order valence-corrected chi connectivity index (χ0v) is 11.2. The van der Waals surface area contributed by atoms with E-state index in [1.54, 1.807) is 0 Å². The Labute approximate surface area is 88.9 Å². The summed E-state index contributed by atoms with van der Waals surface area (Å²) >= 11 is 0. The molecule has 0 aromatic heterocycles. The Hall–Kier alpha value is 0.150. The first-order valence-corrected chi connectivity index (χ1v) is 7.50. The van der Waals surface area contributed by atoms with Crippen molar-refractivity contribution in [2.45, 2.75) is 34.6 Å².